The van der Waals surface area contributed by atoms with E-state index in [9.17, 15) is 9.59 Å². The summed E-state index contributed by atoms with van der Waals surface area (Å²) in [5.74, 6) is -0.0492. The molecule has 1 aliphatic rings. The van der Waals surface area contributed by atoms with Gasteiger partial charge in [0.05, 0.1) is 25.3 Å². The van der Waals surface area contributed by atoms with E-state index in [-0.39, 0.29) is 11.5 Å². The van der Waals surface area contributed by atoms with Crippen LogP contribution >= 0.6 is 0 Å². The number of nitrogens with zero attached hydrogens (tertiary/aromatic N) is 1. The van der Waals surface area contributed by atoms with Gasteiger partial charge in [-0.2, -0.15) is 0 Å². The fraction of sp³-hybridized carbons (Fsp3) is 0.263. The molecule has 1 N–H and O–H groups in total. The summed E-state index contributed by atoms with van der Waals surface area (Å²) < 4.78 is 10.5. The maximum absolute atomic E-state index is 12.9. The standard InChI is InChI=1S/C19H19NO5/c1-24-15-5-6-16(17(10-15)25-2)18(21)20-8-7-12-3-4-13(19(22)23)9-14(12)11-20/h3-6,9-10H,7-8,11H2,1-2H3,(H,22,23). The molecule has 1 heterocycles. The summed E-state index contributed by atoms with van der Waals surface area (Å²) in [6.07, 6.45) is 0.694. The van der Waals surface area contributed by atoms with Crippen LogP contribution in [0.5, 0.6) is 11.5 Å². The summed E-state index contributed by atoms with van der Waals surface area (Å²) in [7, 11) is 3.06. The summed E-state index contributed by atoms with van der Waals surface area (Å²) >= 11 is 0. The van der Waals surface area contributed by atoms with Crippen molar-refractivity contribution in [3.05, 3.63) is 58.7 Å². The molecule has 6 heteroatoms. The van der Waals surface area contributed by atoms with E-state index in [1.54, 1.807) is 42.3 Å². The lowest BCUT2D eigenvalue weighted by Crippen LogP contribution is -2.36. The normalized spacial score (nSPS) is 13.1. The lowest BCUT2D eigenvalue weighted by Gasteiger charge is -2.29. The molecule has 130 valence electrons. The van der Waals surface area contributed by atoms with Crippen molar-refractivity contribution in [3.63, 3.8) is 0 Å². The molecule has 0 aliphatic carbocycles. The van der Waals surface area contributed by atoms with E-state index in [1.807, 2.05) is 6.07 Å². The average molecular weight is 341 g/mol. The summed E-state index contributed by atoms with van der Waals surface area (Å²) in [5.41, 5.74) is 2.64. The summed E-state index contributed by atoms with van der Waals surface area (Å²) in [5, 5.41) is 9.15. The van der Waals surface area contributed by atoms with Crippen molar-refractivity contribution in [3.8, 4) is 11.5 Å². The van der Waals surface area contributed by atoms with Crippen LogP contribution in [0.15, 0.2) is 36.4 Å². The van der Waals surface area contributed by atoms with Crippen molar-refractivity contribution in [1.29, 1.82) is 0 Å². The molecular formula is C19H19NO5. The third kappa shape index (κ3) is 3.28. The highest BCUT2D eigenvalue weighted by Gasteiger charge is 2.25. The molecule has 2 aromatic carbocycles. The lowest BCUT2D eigenvalue weighted by atomic mass is 9.96. The minimum Gasteiger partial charge on any atom is -0.497 e. The van der Waals surface area contributed by atoms with E-state index in [0.717, 1.165) is 11.1 Å². The van der Waals surface area contributed by atoms with Gasteiger partial charge in [-0.3, -0.25) is 4.79 Å². The Morgan fingerprint density at radius 1 is 1.04 bits per heavy atom. The van der Waals surface area contributed by atoms with Crippen LogP contribution in [-0.4, -0.2) is 42.6 Å². The maximum atomic E-state index is 12.9. The maximum Gasteiger partial charge on any atom is 0.335 e. The van der Waals surface area contributed by atoms with Crippen LogP contribution in [0.3, 0.4) is 0 Å². The Morgan fingerprint density at radius 2 is 1.84 bits per heavy atom. The summed E-state index contributed by atoms with van der Waals surface area (Å²) in [6.45, 7) is 0.956. The fourth-order valence-corrected chi connectivity index (χ4v) is 3.01. The zero-order valence-corrected chi connectivity index (χ0v) is 14.1. The van der Waals surface area contributed by atoms with Gasteiger partial charge in [-0.25, -0.2) is 4.79 Å². The molecule has 3 rings (SSSR count). The topological polar surface area (TPSA) is 76.1 Å². The number of hydrogen-bond donors (Lipinski definition) is 1. The molecule has 1 aliphatic heterocycles. The quantitative estimate of drug-likeness (QED) is 0.925. The number of carbonyl (C=O) groups is 2. The Hall–Kier alpha value is -3.02. The largest absolute Gasteiger partial charge is 0.497 e. The van der Waals surface area contributed by atoms with Crippen LogP contribution in [0.2, 0.25) is 0 Å². The first kappa shape index (κ1) is 16.8. The second-order valence-corrected chi connectivity index (χ2v) is 5.83. The van der Waals surface area contributed by atoms with E-state index in [1.165, 1.54) is 7.11 Å². The van der Waals surface area contributed by atoms with Gasteiger partial charge in [0.2, 0.25) is 0 Å². The second kappa shape index (κ2) is 6.84. The van der Waals surface area contributed by atoms with Crippen molar-refractivity contribution in [2.75, 3.05) is 20.8 Å². The molecule has 0 fully saturated rings. The number of carbonyl (C=O) groups excluding carboxylic acids is 1. The van der Waals surface area contributed by atoms with Gasteiger partial charge in [0.25, 0.3) is 5.91 Å². The van der Waals surface area contributed by atoms with Crippen molar-refractivity contribution in [2.45, 2.75) is 13.0 Å². The lowest BCUT2D eigenvalue weighted by molar-refractivity contribution is 0.0696. The highest BCUT2D eigenvalue weighted by molar-refractivity contribution is 5.97. The fourth-order valence-electron chi connectivity index (χ4n) is 3.01. The third-order valence-electron chi connectivity index (χ3n) is 4.39. The van der Waals surface area contributed by atoms with E-state index in [0.29, 0.717) is 36.6 Å². The molecule has 0 radical (unpaired) electrons. The summed E-state index contributed by atoms with van der Waals surface area (Å²) in [4.78, 5) is 25.8. The predicted molar refractivity (Wildman–Crippen MR) is 91.4 cm³/mol. The number of ether oxygens (including phenoxy) is 2. The smallest absolute Gasteiger partial charge is 0.335 e. The van der Waals surface area contributed by atoms with Gasteiger partial charge < -0.3 is 19.5 Å². The van der Waals surface area contributed by atoms with Crippen LogP contribution in [0.4, 0.5) is 0 Å². The van der Waals surface area contributed by atoms with Gasteiger partial charge in [-0.1, -0.05) is 6.07 Å². The second-order valence-electron chi connectivity index (χ2n) is 5.83. The molecule has 0 aromatic heterocycles. The number of carboxylic acids is 1. The monoisotopic (exact) mass is 341 g/mol. The number of benzene rings is 2. The van der Waals surface area contributed by atoms with Crippen molar-refractivity contribution in [2.24, 2.45) is 0 Å². The molecule has 0 saturated heterocycles. The number of carboxylic acid groups (broad SMARTS) is 1. The molecule has 2 aromatic rings. The van der Waals surface area contributed by atoms with Gasteiger partial charge in [-0.05, 0) is 41.8 Å². The van der Waals surface area contributed by atoms with Crippen LogP contribution < -0.4 is 9.47 Å². The van der Waals surface area contributed by atoms with Crippen molar-refractivity contribution in [1.82, 2.24) is 4.90 Å². The van der Waals surface area contributed by atoms with Crippen LogP contribution in [0, 0.1) is 0 Å². The average Bonchev–Trinajstić information content (AvgIpc) is 2.65. The summed E-state index contributed by atoms with van der Waals surface area (Å²) in [6, 6.07) is 10.1. The Kier molecular flexibility index (Phi) is 4.61. The van der Waals surface area contributed by atoms with Gasteiger partial charge in [0, 0.05) is 19.2 Å². The number of aromatic carboxylic acids is 1. The van der Waals surface area contributed by atoms with E-state index < -0.39 is 5.97 Å². The number of amides is 1. The molecule has 0 unspecified atom stereocenters. The van der Waals surface area contributed by atoms with Gasteiger partial charge in [-0.15, -0.1) is 0 Å². The Bertz CT molecular complexity index is 831. The van der Waals surface area contributed by atoms with Crippen molar-refractivity contribution < 1.29 is 24.2 Å². The minimum absolute atomic E-state index is 0.147. The number of methoxy groups -OCH3 is 2. The Morgan fingerprint density at radius 3 is 2.52 bits per heavy atom. The predicted octanol–water partition coefficient (Wildman–Crippen LogP) is 2.60. The molecule has 1 amide bonds. The first-order valence-corrected chi connectivity index (χ1v) is 7.90. The molecule has 0 atom stereocenters. The van der Waals surface area contributed by atoms with E-state index in [2.05, 4.69) is 0 Å². The first-order valence-electron chi connectivity index (χ1n) is 7.90. The third-order valence-corrected chi connectivity index (χ3v) is 4.39. The highest BCUT2D eigenvalue weighted by atomic mass is 16.5. The molecular weight excluding hydrogens is 322 g/mol. The molecule has 0 bridgehead atoms. The number of hydrogen-bond acceptors (Lipinski definition) is 4. The molecule has 0 spiro atoms. The molecule has 6 nitrogen and oxygen atoms in total. The Labute approximate surface area is 145 Å². The zero-order chi connectivity index (χ0) is 18.0. The zero-order valence-electron chi connectivity index (χ0n) is 14.1. The van der Waals surface area contributed by atoms with E-state index >= 15 is 0 Å². The van der Waals surface area contributed by atoms with Crippen LogP contribution in [-0.2, 0) is 13.0 Å². The van der Waals surface area contributed by atoms with Crippen molar-refractivity contribution >= 4 is 11.9 Å². The first-order chi connectivity index (χ1) is 12.0. The van der Waals surface area contributed by atoms with E-state index in [4.69, 9.17) is 14.6 Å². The molecule has 0 saturated carbocycles. The number of fused-ring (bicyclic) bond motifs is 1. The SMILES string of the molecule is COc1ccc(C(=O)N2CCc3ccc(C(=O)O)cc3C2)c(OC)c1. The van der Waals surface area contributed by atoms with Gasteiger partial charge in [0.15, 0.2) is 0 Å². The van der Waals surface area contributed by atoms with Gasteiger partial charge >= 0.3 is 5.97 Å². The highest BCUT2D eigenvalue weighted by Crippen LogP contribution is 2.28. The van der Waals surface area contributed by atoms with Crippen LogP contribution in [0.25, 0.3) is 0 Å². The minimum atomic E-state index is -0.969. The number of rotatable bonds is 4. The van der Waals surface area contributed by atoms with Crippen LogP contribution in [0.1, 0.15) is 31.8 Å². The Balaban J connectivity index is 1.87. The molecule has 25 heavy (non-hydrogen) atoms. The van der Waals surface area contributed by atoms with Gasteiger partial charge in [0.1, 0.15) is 11.5 Å².